The first kappa shape index (κ1) is 17.9. The maximum absolute atomic E-state index is 13.1. The van der Waals surface area contributed by atoms with Crippen LogP contribution in [0.25, 0.3) is 0 Å². The second kappa shape index (κ2) is 9.53. The number of carbonyl (C=O) groups excluding carboxylic acids is 1. The van der Waals surface area contributed by atoms with Crippen LogP contribution in [0.1, 0.15) is 43.2 Å². The molecule has 2 aromatic rings. The van der Waals surface area contributed by atoms with Gasteiger partial charge in [0.05, 0.1) is 6.04 Å². The minimum Gasteiger partial charge on any atom is -0.307 e. The summed E-state index contributed by atoms with van der Waals surface area (Å²) in [4.78, 5) is 13.1. The maximum atomic E-state index is 13.1. The van der Waals surface area contributed by atoms with Crippen molar-refractivity contribution in [3.63, 3.8) is 0 Å². The summed E-state index contributed by atoms with van der Waals surface area (Å²) in [6.07, 6.45) is 7.25. The molecule has 1 fully saturated rings. The van der Waals surface area contributed by atoms with E-state index in [0.29, 0.717) is 5.78 Å². The van der Waals surface area contributed by atoms with E-state index in [0.717, 1.165) is 38.6 Å². The fourth-order valence-corrected chi connectivity index (χ4v) is 3.78. The minimum absolute atomic E-state index is 0.0743. The normalized spacial score (nSPS) is 17.6. The summed E-state index contributed by atoms with van der Waals surface area (Å²) < 4.78 is 0. The summed E-state index contributed by atoms with van der Waals surface area (Å²) in [6, 6.07) is 21.2. The number of aryl methyl sites for hydroxylation is 2. The Labute approximate surface area is 151 Å². The molecule has 1 atom stereocenters. The lowest BCUT2D eigenvalue weighted by Crippen LogP contribution is -2.43. The van der Waals surface area contributed by atoms with Crippen molar-refractivity contribution in [3.8, 4) is 0 Å². The molecule has 1 aliphatic heterocycles. The van der Waals surface area contributed by atoms with E-state index in [1.54, 1.807) is 0 Å². The van der Waals surface area contributed by atoms with Crippen molar-refractivity contribution in [1.82, 2.24) is 5.32 Å². The molecule has 3 rings (SSSR count). The lowest BCUT2D eigenvalue weighted by Gasteiger charge is -2.26. The highest BCUT2D eigenvalue weighted by atomic mass is 16.1. The SMILES string of the molecule is O=C(C(CCc1ccccc1)CCc1ccccc1)C1CCCCN1. The number of Topliss-reactive ketones (excluding diaryl/α,β-unsaturated/α-hetero) is 1. The third kappa shape index (κ3) is 5.54. The molecular formula is C23H29NO. The summed E-state index contributed by atoms with van der Waals surface area (Å²) in [6.45, 7) is 0.987. The van der Waals surface area contributed by atoms with E-state index in [4.69, 9.17) is 0 Å². The molecule has 132 valence electrons. The second-order valence-electron chi connectivity index (χ2n) is 7.15. The highest BCUT2D eigenvalue weighted by Crippen LogP contribution is 2.22. The van der Waals surface area contributed by atoms with Crippen molar-refractivity contribution in [1.29, 1.82) is 0 Å². The molecule has 2 nitrogen and oxygen atoms in total. The quantitative estimate of drug-likeness (QED) is 0.765. The Morgan fingerprint density at radius 2 is 1.44 bits per heavy atom. The lowest BCUT2D eigenvalue weighted by molar-refractivity contribution is -0.125. The van der Waals surface area contributed by atoms with Crippen LogP contribution in [0.4, 0.5) is 0 Å². The van der Waals surface area contributed by atoms with Crippen LogP contribution in [-0.4, -0.2) is 18.4 Å². The molecule has 0 aromatic heterocycles. The van der Waals surface area contributed by atoms with Gasteiger partial charge in [0, 0.05) is 5.92 Å². The fourth-order valence-electron chi connectivity index (χ4n) is 3.78. The molecule has 0 spiro atoms. The Bertz CT molecular complexity index is 588. The topological polar surface area (TPSA) is 29.1 Å². The van der Waals surface area contributed by atoms with Crippen LogP contribution in [0, 0.1) is 5.92 Å². The van der Waals surface area contributed by atoms with Gasteiger partial charge in [-0.2, -0.15) is 0 Å². The zero-order valence-corrected chi connectivity index (χ0v) is 15.0. The number of hydrogen-bond donors (Lipinski definition) is 1. The van der Waals surface area contributed by atoms with Gasteiger partial charge in [-0.05, 0) is 56.2 Å². The molecule has 2 heteroatoms. The fraction of sp³-hybridized carbons (Fsp3) is 0.435. The van der Waals surface area contributed by atoms with Gasteiger partial charge >= 0.3 is 0 Å². The van der Waals surface area contributed by atoms with Crippen molar-refractivity contribution in [2.75, 3.05) is 6.54 Å². The van der Waals surface area contributed by atoms with Crippen molar-refractivity contribution < 1.29 is 4.79 Å². The first-order valence-electron chi connectivity index (χ1n) is 9.68. The molecule has 1 N–H and O–H groups in total. The molecule has 0 saturated carbocycles. The Morgan fingerprint density at radius 1 is 0.880 bits per heavy atom. The number of hydrogen-bond acceptors (Lipinski definition) is 2. The van der Waals surface area contributed by atoms with E-state index in [2.05, 4.69) is 53.8 Å². The lowest BCUT2D eigenvalue weighted by atomic mass is 9.84. The molecule has 1 heterocycles. The van der Waals surface area contributed by atoms with Gasteiger partial charge < -0.3 is 5.32 Å². The smallest absolute Gasteiger partial charge is 0.152 e. The number of carbonyl (C=O) groups is 1. The van der Waals surface area contributed by atoms with Crippen LogP contribution >= 0.6 is 0 Å². The molecule has 0 radical (unpaired) electrons. The number of benzene rings is 2. The van der Waals surface area contributed by atoms with Crippen LogP contribution in [0.15, 0.2) is 60.7 Å². The number of piperidine rings is 1. The van der Waals surface area contributed by atoms with Gasteiger partial charge in [-0.3, -0.25) is 4.79 Å². The third-order valence-corrected chi connectivity index (χ3v) is 5.30. The highest BCUT2D eigenvalue weighted by molar-refractivity contribution is 5.86. The number of nitrogens with one attached hydrogen (secondary N) is 1. The Balaban J connectivity index is 1.62. The van der Waals surface area contributed by atoms with Gasteiger partial charge in [0.1, 0.15) is 0 Å². The molecule has 25 heavy (non-hydrogen) atoms. The first-order chi connectivity index (χ1) is 12.3. The Morgan fingerprint density at radius 3 is 1.92 bits per heavy atom. The predicted molar refractivity (Wildman–Crippen MR) is 104 cm³/mol. The van der Waals surface area contributed by atoms with Gasteiger partial charge in [0.2, 0.25) is 0 Å². The van der Waals surface area contributed by atoms with Crippen LogP contribution in [0.3, 0.4) is 0 Å². The summed E-state index contributed by atoms with van der Waals surface area (Å²) in [5.41, 5.74) is 2.66. The molecule has 2 aromatic carbocycles. The van der Waals surface area contributed by atoms with E-state index >= 15 is 0 Å². The molecule has 0 aliphatic carbocycles. The zero-order chi connectivity index (χ0) is 17.3. The van der Waals surface area contributed by atoms with Crippen LogP contribution in [0.5, 0.6) is 0 Å². The van der Waals surface area contributed by atoms with E-state index < -0.39 is 0 Å². The number of ketones is 1. The van der Waals surface area contributed by atoms with E-state index in [1.165, 1.54) is 24.0 Å². The first-order valence-corrected chi connectivity index (χ1v) is 9.68. The van der Waals surface area contributed by atoms with E-state index in [1.807, 2.05) is 12.1 Å². The summed E-state index contributed by atoms with van der Waals surface area (Å²) >= 11 is 0. The summed E-state index contributed by atoms with van der Waals surface area (Å²) in [5.74, 6) is 0.586. The third-order valence-electron chi connectivity index (χ3n) is 5.30. The summed E-state index contributed by atoms with van der Waals surface area (Å²) in [5, 5.41) is 3.45. The molecule has 1 saturated heterocycles. The average Bonchev–Trinajstić information content (AvgIpc) is 2.70. The largest absolute Gasteiger partial charge is 0.307 e. The molecule has 1 unspecified atom stereocenters. The van der Waals surface area contributed by atoms with Gasteiger partial charge in [0.25, 0.3) is 0 Å². The number of rotatable bonds is 8. The second-order valence-corrected chi connectivity index (χ2v) is 7.15. The zero-order valence-electron chi connectivity index (χ0n) is 15.0. The van der Waals surface area contributed by atoms with Gasteiger partial charge in [-0.25, -0.2) is 0 Å². The highest BCUT2D eigenvalue weighted by Gasteiger charge is 2.27. The van der Waals surface area contributed by atoms with Crippen LogP contribution < -0.4 is 5.32 Å². The molecule has 1 aliphatic rings. The average molecular weight is 335 g/mol. The Kier molecular flexibility index (Phi) is 6.81. The van der Waals surface area contributed by atoms with Crippen molar-refractivity contribution >= 4 is 5.78 Å². The molecule has 0 bridgehead atoms. The van der Waals surface area contributed by atoms with Gasteiger partial charge in [-0.15, -0.1) is 0 Å². The molecular weight excluding hydrogens is 306 g/mol. The van der Waals surface area contributed by atoms with Crippen molar-refractivity contribution in [3.05, 3.63) is 71.8 Å². The monoisotopic (exact) mass is 335 g/mol. The summed E-state index contributed by atoms with van der Waals surface area (Å²) in [7, 11) is 0. The van der Waals surface area contributed by atoms with Gasteiger partial charge in [-0.1, -0.05) is 67.1 Å². The van der Waals surface area contributed by atoms with Crippen molar-refractivity contribution in [2.45, 2.75) is 51.0 Å². The maximum Gasteiger partial charge on any atom is 0.152 e. The Hall–Kier alpha value is -1.93. The predicted octanol–water partition coefficient (Wildman–Crippen LogP) is 4.58. The van der Waals surface area contributed by atoms with Crippen LogP contribution in [0.2, 0.25) is 0 Å². The van der Waals surface area contributed by atoms with E-state index in [-0.39, 0.29) is 12.0 Å². The minimum atomic E-state index is 0.0743. The van der Waals surface area contributed by atoms with Crippen molar-refractivity contribution in [2.24, 2.45) is 5.92 Å². The van der Waals surface area contributed by atoms with Gasteiger partial charge in [0.15, 0.2) is 5.78 Å². The molecule has 0 amide bonds. The van der Waals surface area contributed by atoms with E-state index in [9.17, 15) is 4.79 Å². The van der Waals surface area contributed by atoms with Crippen LogP contribution in [-0.2, 0) is 17.6 Å². The standard InChI is InChI=1S/C23H29NO/c25-23(22-13-7-8-18-24-22)21(16-14-19-9-3-1-4-10-19)17-15-20-11-5-2-6-12-20/h1-6,9-12,21-22,24H,7-8,13-18H2.